The van der Waals surface area contributed by atoms with E-state index in [0.29, 0.717) is 0 Å². The third kappa shape index (κ3) is 3.59. The summed E-state index contributed by atoms with van der Waals surface area (Å²) in [6.07, 6.45) is 3.20. The van der Waals surface area contributed by atoms with Crippen LogP contribution in [-0.4, -0.2) is 11.7 Å². The van der Waals surface area contributed by atoms with Gasteiger partial charge in [-0.05, 0) is 72.4 Å². The summed E-state index contributed by atoms with van der Waals surface area (Å²) in [5.41, 5.74) is 7.87. The van der Waals surface area contributed by atoms with E-state index in [1.54, 1.807) is 7.11 Å². The number of hydrogen-bond acceptors (Lipinski definition) is 1. The lowest BCUT2D eigenvalue weighted by molar-refractivity contribution is 0.415. The van der Waals surface area contributed by atoms with Crippen LogP contribution in [-0.2, 0) is 13.0 Å². The predicted molar refractivity (Wildman–Crippen MR) is 120 cm³/mol. The number of aromatic nitrogens is 1. The molecular weight excluding hydrogens is 410 g/mol. The minimum Gasteiger partial charge on any atom is -0.497 e. The molecule has 0 aliphatic heterocycles. The molecule has 0 aliphatic carbocycles. The zero-order valence-corrected chi connectivity index (χ0v) is 18.1. The van der Waals surface area contributed by atoms with Crippen LogP contribution < -0.4 is 4.74 Å². The molecule has 0 unspecified atom stereocenters. The molecule has 4 rings (SSSR count). The number of fused-ring (bicyclic) bond motifs is 1. The van der Waals surface area contributed by atoms with Crippen LogP contribution in [0.2, 0.25) is 0 Å². The van der Waals surface area contributed by atoms with Crippen molar-refractivity contribution >= 4 is 26.8 Å². The lowest BCUT2D eigenvalue weighted by Gasteiger charge is -2.09. The van der Waals surface area contributed by atoms with Gasteiger partial charge in [0, 0.05) is 28.1 Å². The Kier molecular flexibility index (Phi) is 5.27. The van der Waals surface area contributed by atoms with Gasteiger partial charge in [0.2, 0.25) is 0 Å². The Morgan fingerprint density at radius 2 is 1.68 bits per heavy atom. The highest BCUT2D eigenvalue weighted by Crippen LogP contribution is 2.30. The monoisotopic (exact) mass is 433 g/mol. The molecule has 0 atom stereocenters. The van der Waals surface area contributed by atoms with E-state index in [-0.39, 0.29) is 0 Å². The van der Waals surface area contributed by atoms with Gasteiger partial charge in [0.1, 0.15) is 5.75 Å². The number of nitrogens with zero attached hydrogens (tertiary/aromatic N) is 1. The van der Waals surface area contributed by atoms with E-state index in [0.717, 1.165) is 23.2 Å². The molecule has 142 valence electrons. The van der Waals surface area contributed by atoms with Crippen LogP contribution in [0, 0.1) is 13.8 Å². The van der Waals surface area contributed by atoms with Gasteiger partial charge in [-0.15, -0.1) is 0 Å². The number of hydrogen-bond donors (Lipinski definition) is 0. The molecule has 3 heteroatoms. The van der Waals surface area contributed by atoms with Crippen LogP contribution in [0.4, 0.5) is 0 Å². The maximum Gasteiger partial charge on any atom is 0.119 e. The van der Waals surface area contributed by atoms with E-state index in [1.165, 1.54) is 38.7 Å². The molecule has 3 aromatic carbocycles. The van der Waals surface area contributed by atoms with E-state index in [1.807, 2.05) is 6.07 Å². The molecule has 0 bridgehead atoms. The molecular formula is C25H24BrNO. The van der Waals surface area contributed by atoms with Crippen LogP contribution in [0.1, 0.15) is 27.8 Å². The summed E-state index contributed by atoms with van der Waals surface area (Å²) in [6.45, 7) is 5.22. The molecule has 0 saturated heterocycles. The van der Waals surface area contributed by atoms with Crippen molar-refractivity contribution < 1.29 is 4.74 Å². The first kappa shape index (κ1) is 18.8. The van der Waals surface area contributed by atoms with Gasteiger partial charge in [-0.25, -0.2) is 0 Å². The molecule has 28 heavy (non-hydrogen) atoms. The second kappa shape index (κ2) is 7.84. The van der Waals surface area contributed by atoms with Gasteiger partial charge in [0.15, 0.2) is 0 Å². The van der Waals surface area contributed by atoms with E-state index in [2.05, 4.69) is 95.1 Å². The maximum atomic E-state index is 5.50. The van der Waals surface area contributed by atoms with Gasteiger partial charge in [0.05, 0.1) is 7.11 Å². The number of rotatable bonds is 5. The second-order valence-corrected chi connectivity index (χ2v) is 8.15. The SMILES string of the molecule is COc1ccc2c(c1)c(Cc1cccc(Br)c1C)cn2Cc1ccccc1C. The molecule has 1 aromatic heterocycles. The van der Waals surface area contributed by atoms with E-state index in [9.17, 15) is 0 Å². The summed E-state index contributed by atoms with van der Waals surface area (Å²) in [5.74, 6) is 0.897. The normalized spacial score (nSPS) is 11.1. The number of methoxy groups -OCH3 is 1. The van der Waals surface area contributed by atoms with Crippen LogP contribution in [0.3, 0.4) is 0 Å². The van der Waals surface area contributed by atoms with Crippen molar-refractivity contribution in [1.29, 1.82) is 0 Å². The van der Waals surface area contributed by atoms with Crippen LogP contribution in [0.25, 0.3) is 10.9 Å². The second-order valence-electron chi connectivity index (χ2n) is 7.29. The van der Waals surface area contributed by atoms with Crippen LogP contribution >= 0.6 is 15.9 Å². The Hall–Kier alpha value is -2.52. The summed E-state index contributed by atoms with van der Waals surface area (Å²) in [5, 5.41) is 1.26. The molecule has 0 aliphatic rings. The summed E-state index contributed by atoms with van der Waals surface area (Å²) >= 11 is 3.66. The first-order valence-electron chi connectivity index (χ1n) is 9.51. The average Bonchev–Trinajstić information content (AvgIpc) is 3.04. The summed E-state index contributed by atoms with van der Waals surface area (Å²) < 4.78 is 9.02. The largest absolute Gasteiger partial charge is 0.497 e. The van der Waals surface area contributed by atoms with Gasteiger partial charge in [-0.1, -0.05) is 52.3 Å². The minimum atomic E-state index is 0.868. The van der Waals surface area contributed by atoms with E-state index < -0.39 is 0 Å². The zero-order chi connectivity index (χ0) is 19.7. The molecule has 0 N–H and O–H groups in total. The molecule has 0 saturated carbocycles. The average molecular weight is 434 g/mol. The number of benzene rings is 3. The van der Waals surface area contributed by atoms with Crippen molar-refractivity contribution in [3.63, 3.8) is 0 Å². The Balaban J connectivity index is 1.81. The number of halogens is 1. The first-order chi connectivity index (χ1) is 13.6. The summed E-state index contributed by atoms with van der Waals surface area (Å²) in [6, 6.07) is 21.4. The highest BCUT2D eigenvalue weighted by Gasteiger charge is 2.13. The standard InChI is InChI=1S/C25H24BrNO/c1-17-7-4-5-8-20(17)15-27-16-21(13-19-9-6-10-24(26)18(19)2)23-14-22(28-3)11-12-25(23)27/h4-12,14,16H,13,15H2,1-3H3. The molecule has 0 amide bonds. The fraction of sp³-hybridized carbons (Fsp3) is 0.200. The van der Waals surface area contributed by atoms with Crippen molar-refractivity contribution in [3.8, 4) is 5.75 Å². The fourth-order valence-electron chi connectivity index (χ4n) is 3.77. The van der Waals surface area contributed by atoms with Crippen molar-refractivity contribution in [2.75, 3.05) is 7.11 Å². The molecule has 1 heterocycles. The first-order valence-corrected chi connectivity index (χ1v) is 10.3. The fourth-order valence-corrected chi connectivity index (χ4v) is 4.18. The lowest BCUT2D eigenvalue weighted by atomic mass is 10.0. The highest BCUT2D eigenvalue weighted by atomic mass is 79.9. The van der Waals surface area contributed by atoms with Gasteiger partial charge in [0.25, 0.3) is 0 Å². The quantitative estimate of drug-likeness (QED) is 0.342. The topological polar surface area (TPSA) is 14.2 Å². The zero-order valence-electron chi connectivity index (χ0n) is 16.5. The molecule has 0 fully saturated rings. The van der Waals surface area contributed by atoms with E-state index >= 15 is 0 Å². The third-order valence-electron chi connectivity index (χ3n) is 5.53. The van der Waals surface area contributed by atoms with Gasteiger partial charge in [-0.3, -0.25) is 0 Å². The smallest absolute Gasteiger partial charge is 0.119 e. The molecule has 2 nitrogen and oxygen atoms in total. The summed E-state index contributed by atoms with van der Waals surface area (Å²) in [4.78, 5) is 0. The van der Waals surface area contributed by atoms with Gasteiger partial charge in [-0.2, -0.15) is 0 Å². The van der Waals surface area contributed by atoms with Gasteiger partial charge >= 0.3 is 0 Å². The molecule has 0 radical (unpaired) electrons. The molecule has 4 aromatic rings. The predicted octanol–water partition coefficient (Wildman–Crippen LogP) is 6.67. The van der Waals surface area contributed by atoms with Crippen LogP contribution in [0.15, 0.2) is 71.3 Å². The third-order valence-corrected chi connectivity index (χ3v) is 6.39. The van der Waals surface area contributed by atoms with Gasteiger partial charge < -0.3 is 9.30 Å². The summed E-state index contributed by atoms with van der Waals surface area (Å²) in [7, 11) is 1.73. The van der Waals surface area contributed by atoms with Crippen molar-refractivity contribution in [2.45, 2.75) is 26.8 Å². The van der Waals surface area contributed by atoms with Crippen molar-refractivity contribution in [3.05, 3.63) is 99.2 Å². The highest BCUT2D eigenvalue weighted by molar-refractivity contribution is 9.10. The lowest BCUT2D eigenvalue weighted by Crippen LogP contribution is -2.00. The Labute approximate surface area is 174 Å². The Morgan fingerprint density at radius 1 is 0.893 bits per heavy atom. The maximum absolute atomic E-state index is 5.50. The molecule has 0 spiro atoms. The number of ether oxygens (including phenoxy) is 1. The Bertz CT molecular complexity index is 1140. The van der Waals surface area contributed by atoms with Crippen molar-refractivity contribution in [2.24, 2.45) is 0 Å². The Morgan fingerprint density at radius 3 is 2.46 bits per heavy atom. The number of aryl methyl sites for hydroxylation is 1. The van der Waals surface area contributed by atoms with Crippen LogP contribution in [0.5, 0.6) is 5.75 Å². The van der Waals surface area contributed by atoms with Crippen molar-refractivity contribution in [1.82, 2.24) is 4.57 Å². The minimum absolute atomic E-state index is 0.868. The van der Waals surface area contributed by atoms with E-state index in [4.69, 9.17) is 4.74 Å².